The minimum atomic E-state index is 0.866. The third-order valence-electron chi connectivity index (χ3n) is 3.97. The van der Waals surface area contributed by atoms with Gasteiger partial charge in [0.1, 0.15) is 0 Å². The van der Waals surface area contributed by atoms with Crippen molar-refractivity contribution in [3.8, 4) is 0 Å². The van der Waals surface area contributed by atoms with E-state index < -0.39 is 0 Å². The molecule has 0 amide bonds. The summed E-state index contributed by atoms with van der Waals surface area (Å²) in [4.78, 5) is 2.49. The molecule has 0 saturated heterocycles. The number of hydrogen-bond acceptors (Lipinski definition) is 2. The lowest BCUT2D eigenvalue weighted by Crippen LogP contribution is -2.31. The maximum atomic E-state index is 6.12. The van der Waals surface area contributed by atoms with Gasteiger partial charge in [0.15, 0.2) is 0 Å². The second-order valence-electron chi connectivity index (χ2n) is 5.51. The summed E-state index contributed by atoms with van der Waals surface area (Å²) in [6.45, 7) is 4.54. The predicted molar refractivity (Wildman–Crippen MR) is 79.9 cm³/mol. The lowest BCUT2D eigenvalue weighted by molar-refractivity contribution is 0.358. The van der Waals surface area contributed by atoms with Crippen LogP contribution in [-0.2, 0) is 0 Å². The van der Waals surface area contributed by atoms with Gasteiger partial charge >= 0.3 is 0 Å². The standard InChI is InChI=1S/C16H26N2/c1-2-12-18(13-14-8-4-3-5-9-14)16-11-7-6-10-15(16)17/h6-7,10-11,14H,2-5,8-9,12-13,17H2,1H3. The highest BCUT2D eigenvalue weighted by Gasteiger charge is 2.18. The molecule has 18 heavy (non-hydrogen) atoms. The Hall–Kier alpha value is -1.18. The maximum Gasteiger partial charge on any atom is 0.0600 e. The van der Waals surface area contributed by atoms with Crippen LogP contribution in [0.2, 0.25) is 0 Å². The van der Waals surface area contributed by atoms with Crippen molar-refractivity contribution < 1.29 is 0 Å². The average molecular weight is 246 g/mol. The van der Waals surface area contributed by atoms with Crippen LogP contribution in [0.5, 0.6) is 0 Å². The Morgan fingerprint density at radius 3 is 2.56 bits per heavy atom. The number of rotatable bonds is 5. The van der Waals surface area contributed by atoms with E-state index >= 15 is 0 Å². The molecule has 1 aromatic carbocycles. The van der Waals surface area contributed by atoms with Crippen molar-refractivity contribution in [3.05, 3.63) is 24.3 Å². The fourth-order valence-corrected chi connectivity index (χ4v) is 3.04. The molecule has 0 radical (unpaired) electrons. The summed E-state index contributed by atoms with van der Waals surface area (Å²) < 4.78 is 0. The number of para-hydroxylation sites is 2. The first-order valence-corrected chi connectivity index (χ1v) is 7.40. The minimum absolute atomic E-state index is 0.866. The van der Waals surface area contributed by atoms with Gasteiger partial charge in [0, 0.05) is 13.1 Å². The van der Waals surface area contributed by atoms with Crippen molar-refractivity contribution in [2.45, 2.75) is 45.4 Å². The van der Waals surface area contributed by atoms with Crippen LogP contribution in [-0.4, -0.2) is 13.1 Å². The van der Waals surface area contributed by atoms with Gasteiger partial charge in [0.25, 0.3) is 0 Å². The smallest absolute Gasteiger partial charge is 0.0600 e. The van der Waals surface area contributed by atoms with E-state index in [1.165, 1.54) is 50.8 Å². The highest BCUT2D eigenvalue weighted by atomic mass is 15.1. The first-order chi connectivity index (χ1) is 8.81. The van der Waals surface area contributed by atoms with Crippen molar-refractivity contribution in [2.75, 3.05) is 23.7 Å². The lowest BCUT2D eigenvalue weighted by atomic mass is 9.89. The highest BCUT2D eigenvalue weighted by Crippen LogP contribution is 2.29. The Morgan fingerprint density at radius 1 is 1.17 bits per heavy atom. The van der Waals surface area contributed by atoms with E-state index in [1.54, 1.807) is 0 Å². The Labute approximate surface area is 111 Å². The van der Waals surface area contributed by atoms with Crippen LogP contribution in [0.4, 0.5) is 11.4 Å². The molecule has 1 aliphatic carbocycles. The third-order valence-corrected chi connectivity index (χ3v) is 3.97. The van der Waals surface area contributed by atoms with Gasteiger partial charge in [-0.1, -0.05) is 38.3 Å². The molecule has 1 fully saturated rings. The number of hydrogen-bond donors (Lipinski definition) is 1. The highest BCUT2D eigenvalue weighted by molar-refractivity contribution is 5.67. The number of benzene rings is 1. The molecule has 2 nitrogen and oxygen atoms in total. The Balaban J connectivity index is 2.05. The summed E-state index contributed by atoms with van der Waals surface area (Å²) in [7, 11) is 0. The molecule has 0 aromatic heterocycles. The van der Waals surface area contributed by atoms with Gasteiger partial charge in [-0.05, 0) is 37.3 Å². The van der Waals surface area contributed by atoms with Gasteiger partial charge < -0.3 is 10.6 Å². The first kappa shape index (κ1) is 13.3. The van der Waals surface area contributed by atoms with Crippen LogP contribution < -0.4 is 10.6 Å². The monoisotopic (exact) mass is 246 g/mol. The predicted octanol–water partition coefficient (Wildman–Crippen LogP) is 4.07. The molecule has 0 unspecified atom stereocenters. The number of anilines is 2. The Bertz CT molecular complexity index is 356. The van der Waals surface area contributed by atoms with Gasteiger partial charge in [0.2, 0.25) is 0 Å². The quantitative estimate of drug-likeness (QED) is 0.794. The summed E-state index contributed by atoms with van der Waals surface area (Å²) in [5.41, 5.74) is 8.26. The topological polar surface area (TPSA) is 29.3 Å². The van der Waals surface area contributed by atoms with E-state index in [2.05, 4.69) is 24.0 Å². The molecule has 0 bridgehead atoms. The molecule has 0 atom stereocenters. The molecule has 2 heteroatoms. The normalized spacial score (nSPS) is 16.7. The van der Waals surface area contributed by atoms with Gasteiger partial charge in [-0.25, -0.2) is 0 Å². The van der Waals surface area contributed by atoms with Crippen LogP contribution in [0.15, 0.2) is 24.3 Å². The molecule has 1 aromatic rings. The van der Waals surface area contributed by atoms with Gasteiger partial charge in [-0.15, -0.1) is 0 Å². The number of nitrogens with zero attached hydrogens (tertiary/aromatic N) is 1. The van der Waals surface area contributed by atoms with E-state index in [0.717, 1.165) is 18.2 Å². The van der Waals surface area contributed by atoms with Gasteiger partial charge in [-0.2, -0.15) is 0 Å². The molecule has 0 aliphatic heterocycles. The SMILES string of the molecule is CCCN(CC1CCCCC1)c1ccccc1N. The fraction of sp³-hybridized carbons (Fsp3) is 0.625. The largest absolute Gasteiger partial charge is 0.397 e. The van der Waals surface area contributed by atoms with Crippen molar-refractivity contribution in [1.29, 1.82) is 0 Å². The van der Waals surface area contributed by atoms with Crippen molar-refractivity contribution in [2.24, 2.45) is 5.92 Å². The minimum Gasteiger partial charge on any atom is -0.397 e. The van der Waals surface area contributed by atoms with E-state index in [-0.39, 0.29) is 0 Å². The average Bonchev–Trinajstić information content (AvgIpc) is 2.40. The van der Waals surface area contributed by atoms with E-state index in [0.29, 0.717) is 0 Å². The third kappa shape index (κ3) is 3.41. The van der Waals surface area contributed by atoms with Crippen molar-refractivity contribution in [3.63, 3.8) is 0 Å². The van der Waals surface area contributed by atoms with E-state index in [9.17, 15) is 0 Å². The molecule has 2 N–H and O–H groups in total. The Morgan fingerprint density at radius 2 is 1.89 bits per heavy atom. The molecule has 0 heterocycles. The zero-order valence-corrected chi connectivity index (χ0v) is 11.6. The first-order valence-electron chi connectivity index (χ1n) is 7.40. The van der Waals surface area contributed by atoms with Crippen molar-refractivity contribution in [1.82, 2.24) is 0 Å². The van der Waals surface area contributed by atoms with Crippen LogP contribution in [0.1, 0.15) is 45.4 Å². The summed E-state index contributed by atoms with van der Waals surface area (Å²) >= 11 is 0. The van der Waals surface area contributed by atoms with E-state index in [1.807, 2.05) is 12.1 Å². The molecule has 1 saturated carbocycles. The summed E-state index contributed by atoms with van der Waals surface area (Å²) in [6.07, 6.45) is 8.22. The Kier molecular flexibility index (Phi) is 4.91. The van der Waals surface area contributed by atoms with Crippen LogP contribution in [0.3, 0.4) is 0 Å². The molecule has 0 spiro atoms. The zero-order valence-electron chi connectivity index (χ0n) is 11.6. The number of nitrogen functional groups attached to an aromatic ring is 1. The van der Waals surface area contributed by atoms with Crippen molar-refractivity contribution >= 4 is 11.4 Å². The molecular formula is C16H26N2. The second kappa shape index (κ2) is 6.67. The zero-order chi connectivity index (χ0) is 12.8. The fourth-order valence-electron chi connectivity index (χ4n) is 3.04. The molecule has 1 aliphatic rings. The lowest BCUT2D eigenvalue weighted by Gasteiger charge is -2.32. The molecule has 100 valence electrons. The number of nitrogens with two attached hydrogens (primary N) is 1. The molecular weight excluding hydrogens is 220 g/mol. The van der Waals surface area contributed by atoms with E-state index in [4.69, 9.17) is 5.73 Å². The second-order valence-corrected chi connectivity index (χ2v) is 5.51. The van der Waals surface area contributed by atoms with Crippen LogP contribution >= 0.6 is 0 Å². The molecule has 2 rings (SSSR count). The van der Waals surface area contributed by atoms with Crippen LogP contribution in [0.25, 0.3) is 0 Å². The summed E-state index contributed by atoms with van der Waals surface area (Å²) in [6, 6.07) is 8.28. The maximum absolute atomic E-state index is 6.12. The van der Waals surface area contributed by atoms with Crippen LogP contribution in [0, 0.1) is 5.92 Å². The summed E-state index contributed by atoms with van der Waals surface area (Å²) in [5.74, 6) is 0.866. The van der Waals surface area contributed by atoms with Gasteiger partial charge in [-0.3, -0.25) is 0 Å². The van der Waals surface area contributed by atoms with Gasteiger partial charge in [0.05, 0.1) is 11.4 Å². The summed E-state index contributed by atoms with van der Waals surface area (Å²) in [5, 5.41) is 0.